The van der Waals surface area contributed by atoms with Gasteiger partial charge in [0.2, 0.25) is 0 Å². The Hall–Kier alpha value is -3.20. The number of nitrogens with zero attached hydrogens (tertiary/aromatic N) is 1. The number of rotatable bonds is 8. The number of benzene rings is 2. The molecular formula is C24H23NO2. The monoisotopic (exact) mass is 357 g/mol. The van der Waals surface area contributed by atoms with Gasteiger partial charge in [-0.2, -0.15) is 0 Å². The molecule has 0 amide bonds. The lowest BCUT2D eigenvalue weighted by Gasteiger charge is -2.23. The van der Waals surface area contributed by atoms with Crippen molar-refractivity contribution in [3.8, 4) is 0 Å². The number of esters is 1. The van der Waals surface area contributed by atoms with E-state index in [2.05, 4.69) is 35.8 Å². The molecule has 3 rings (SSSR count). The molecule has 0 saturated carbocycles. The summed E-state index contributed by atoms with van der Waals surface area (Å²) in [7, 11) is 0. The van der Waals surface area contributed by atoms with E-state index < -0.39 is 5.92 Å². The van der Waals surface area contributed by atoms with Crippen LogP contribution < -0.4 is 0 Å². The molecule has 0 N–H and O–H groups in total. The summed E-state index contributed by atoms with van der Waals surface area (Å²) < 4.78 is 5.38. The average molecular weight is 357 g/mol. The zero-order chi connectivity index (χ0) is 18.9. The van der Waals surface area contributed by atoms with Crippen LogP contribution in [-0.2, 0) is 9.53 Å². The van der Waals surface area contributed by atoms with E-state index >= 15 is 0 Å². The van der Waals surface area contributed by atoms with Crippen LogP contribution in [0.2, 0.25) is 0 Å². The molecule has 27 heavy (non-hydrogen) atoms. The first-order chi connectivity index (χ1) is 13.3. The molecule has 0 radical (unpaired) electrons. The summed E-state index contributed by atoms with van der Waals surface area (Å²) in [6.07, 6.45) is 3.88. The maximum atomic E-state index is 12.8. The van der Waals surface area contributed by atoms with Crippen molar-refractivity contribution in [2.24, 2.45) is 0 Å². The summed E-state index contributed by atoms with van der Waals surface area (Å²) in [5.41, 5.74) is 3.06. The lowest BCUT2D eigenvalue weighted by Crippen LogP contribution is -2.20. The van der Waals surface area contributed by atoms with Gasteiger partial charge in [-0.1, -0.05) is 79.4 Å². The Balaban J connectivity index is 1.97. The summed E-state index contributed by atoms with van der Waals surface area (Å²) in [5, 5.41) is 0. The van der Waals surface area contributed by atoms with Crippen LogP contribution in [0.4, 0.5) is 0 Å². The molecule has 3 aromatic rings. The molecule has 0 aliphatic rings. The second-order valence-corrected chi connectivity index (χ2v) is 6.34. The molecule has 136 valence electrons. The van der Waals surface area contributed by atoms with Gasteiger partial charge in [-0.25, -0.2) is 0 Å². The third kappa shape index (κ3) is 4.91. The fourth-order valence-corrected chi connectivity index (χ4v) is 3.23. The lowest BCUT2D eigenvalue weighted by molar-refractivity contribution is -0.144. The number of carbonyl (C=O) groups excluding carboxylic acids is 1. The zero-order valence-corrected chi connectivity index (χ0v) is 15.2. The van der Waals surface area contributed by atoms with Crippen LogP contribution >= 0.6 is 0 Å². The van der Waals surface area contributed by atoms with E-state index in [4.69, 9.17) is 4.74 Å². The van der Waals surface area contributed by atoms with Crippen LogP contribution in [0, 0.1) is 0 Å². The highest BCUT2D eigenvalue weighted by Crippen LogP contribution is 2.35. The fraction of sp³-hybridized carbons (Fsp3) is 0.167. The summed E-state index contributed by atoms with van der Waals surface area (Å²) in [4.78, 5) is 17.2. The van der Waals surface area contributed by atoms with Gasteiger partial charge in [0.25, 0.3) is 0 Å². The quantitative estimate of drug-likeness (QED) is 0.415. The van der Waals surface area contributed by atoms with Gasteiger partial charge in [0.05, 0.1) is 11.6 Å². The minimum Gasteiger partial charge on any atom is -0.461 e. The number of carbonyl (C=O) groups is 1. The van der Waals surface area contributed by atoms with Crippen LogP contribution in [0.15, 0.2) is 97.7 Å². The molecule has 3 nitrogen and oxygen atoms in total. The Kier molecular flexibility index (Phi) is 6.53. The first-order valence-corrected chi connectivity index (χ1v) is 9.08. The molecule has 1 unspecified atom stereocenters. The van der Waals surface area contributed by atoms with E-state index in [0.29, 0.717) is 6.42 Å². The van der Waals surface area contributed by atoms with Crippen molar-refractivity contribution in [1.82, 2.24) is 4.98 Å². The van der Waals surface area contributed by atoms with Gasteiger partial charge in [0.1, 0.15) is 6.61 Å². The minimum atomic E-state index is -0.448. The molecule has 1 aromatic heterocycles. The van der Waals surface area contributed by atoms with Crippen LogP contribution in [-0.4, -0.2) is 17.6 Å². The molecule has 3 heteroatoms. The van der Waals surface area contributed by atoms with E-state index in [-0.39, 0.29) is 18.5 Å². The second kappa shape index (κ2) is 9.48. The highest BCUT2D eigenvalue weighted by Gasteiger charge is 2.28. The van der Waals surface area contributed by atoms with Crippen molar-refractivity contribution in [2.45, 2.75) is 18.3 Å². The smallest absolute Gasteiger partial charge is 0.315 e. The molecule has 0 aliphatic carbocycles. The Morgan fingerprint density at radius 3 is 2.04 bits per heavy atom. The van der Waals surface area contributed by atoms with E-state index in [0.717, 1.165) is 5.69 Å². The third-order valence-corrected chi connectivity index (χ3v) is 4.55. The van der Waals surface area contributed by atoms with Crippen molar-refractivity contribution < 1.29 is 9.53 Å². The second-order valence-electron chi connectivity index (χ2n) is 6.34. The maximum absolute atomic E-state index is 12.8. The molecule has 0 bridgehead atoms. The van der Waals surface area contributed by atoms with Gasteiger partial charge < -0.3 is 4.74 Å². The third-order valence-electron chi connectivity index (χ3n) is 4.55. The largest absolute Gasteiger partial charge is 0.461 e. The summed E-state index contributed by atoms with van der Waals surface area (Å²) in [6, 6.07) is 26.1. The van der Waals surface area contributed by atoms with Crippen molar-refractivity contribution in [3.63, 3.8) is 0 Å². The number of ether oxygens (including phenoxy) is 1. The lowest BCUT2D eigenvalue weighted by atomic mass is 9.82. The van der Waals surface area contributed by atoms with Crippen molar-refractivity contribution in [2.75, 3.05) is 6.61 Å². The van der Waals surface area contributed by atoms with Crippen LogP contribution in [0.3, 0.4) is 0 Å². The normalized spacial score (nSPS) is 11.7. The summed E-state index contributed by atoms with van der Waals surface area (Å²) in [6.45, 7) is 3.83. The van der Waals surface area contributed by atoms with Crippen molar-refractivity contribution >= 4 is 5.97 Å². The topological polar surface area (TPSA) is 39.2 Å². The highest BCUT2D eigenvalue weighted by molar-refractivity contribution is 5.78. The highest BCUT2D eigenvalue weighted by atomic mass is 16.5. The van der Waals surface area contributed by atoms with Gasteiger partial charge in [0, 0.05) is 12.1 Å². The van der Waals surface area contributed by atoms with Gasteiger partial charge in [-0.3, -0.25) is 9.78 Å². The predicted octanol–water partition coefficient (Wildman–Crippen LogP) is 5.12. The zero-order valence-electron chi connectivity index (χ0n) is 15.2. The summed E-state index contributed by atoms with van der Waals surface area (Å²) >= 11 is 0. The first-order valence-electron chi connectivity index (χ1n) is 9.08. The van der Waals surface area contributed by atoms with Crippen molar-refractivity contribution in [1.29, 1.82) is 0 Å². The maximum Gasteiger partial charge on any atom is 0.315 e. The molecule has 2 aromatic carbocycles. The Labute approximate surface area is 160 Å². The molecule has 0 aliphatic heterocycles. The number of pyridine rings is 1. The predicted molar refractivity (Wildman–Crippen MR) is 107 cm³/mol. The molecule has 1 heterocycles. The minimum absolute atomic E-state index is 0.0655. The average Bonchev–Trinajstić information content (AvgIpc) is 2.74. The van der Waals surface area contributed by atoms with E-state index in [9.17, 15) is 4.79 Å². The molecule has 1 atom stereocenters. The van der Waals surface area contributed by atoms with E-state index in [1.54, 1.807) is 12.3 Å². The molecule has 0 spiro atoms. The molecule has 0 fully saturated rings. The fourth-order valence-electron chi connectivity index (χ4n) is 3.23. The van der Waals surface area contributed by atoms with E-state index in [1.807, 2.05) is 54.6 Å². The Bertz CT molecular complexity index is 808. The van der Waals surface area contributed by atoms with Gasteiger partial charge in [-0.05, 0) is 29.7 Å². The van der Waals surface area contributed by atoms with Gasteiger partial charge in [-0.15, -0.1) is 0 Å². The molecular weight excluding hydrogens is 334 g/mol. The van der Waals surface area contributed by atoms with Crippen molar-refractivity contribution in [3.05, 3.63) is 115 Å². The SMILES string of the molecule is C=CCOC(=O)C(CC(c1ccccc1)c1ccccc1)c1ccccn1. The van der Waals surface area contributed by atoms with E-state index in [1.165, 1.54) is 11.1 Å². The van der Waals surface area contributed by atoms with Gasteiger partial charge >= 0.3 is 5.97 Å². The van der Waals surface area contributed by atoms with Crippen LogP contribution in [0.5, 0.6) is 0 Å². The van der Waals surface area contributed by atoms with Crippen LogP contribution in [0.1, 0.15) is 35.1 Å². The Morgan fingerprint density at radius 1 is 0.926 bits per heavy atom. The summed E-state index contributed by atoms with van der Waals surface area (Å²) in [5.74, 6) is -0.655. The number of aromatic nitrogens is 1. The standard InChI is InChI=1S/C24H23NO2/c1-2-17-27-24(26)22(23-15-9-10-16-25-23)18-21(19-11-5-3-6-12-19)20-13-7-4-8-14-20/h2-16,21-22H,1,17-18H2. The Morgan fingerprint density at radius 2 is 1.52 bits per heavy atom. The first kappa shape index (κ1) is 18.6. The van der Waals surface area contributed by atoms with Gasteiger partial charge in [0.15, 0.2) is 0 Å². The number of hydrogen-bond acceptors (Lipinski definition) is 3. The van der Waals surface area contributed by atoms with Crippen LogP contribution in [0.25, 0.3) is 0 Å². The number of hydrogen-bond donors (Lipinski definition) is 0. The molecule has 0 saturated heterocycles.